The molecule has 0 radical (unpaired) electrons. The van der Waals surface area contributed by atoms with Gasteiger partial charge in [-0.3, -0.25) is 10.9 Å². The molecule has 15 heavy (non-hydrogen) atoms. The van der Waals surface area contributed by atoms with Crippen molar-refractivity contribution in [1.29, 1.82) is 0 Å². The van der Waals surface area contributed by atoms with Crippen LogP contribution in [0.1, 0.15) is 13.8 Å². The van der Waals surface area contributed by atoms with Crippen LogP contribution in [0.25, 0.3) is 0 Å². The maximum atomic E-state index is 5.16. The van der Waals surface area contributed by atoms with Gasteiger partial charge >= 0.3 is 0 Å². The third-order valence-corrected chi connectivity index (χ3v) is 3.28. The SMILES string of the molecule is CC(C)CSC(=S)NNc1ccccc1. The van der Waals surface area contributed by atoms with Gasteiger partial charge in [0.25, 0.3) is 0 Å². The third-order valence-electron chi connectivity index (χ3n) is 1.63. The Balaban J connectivity index is 2.23. The van der Waals surface area contributed by atoms with Crippen molar-refractivity contribution in [2.75, 3.05) is 11.2 Å². The number of hydrogen-bond donors (Lipinski definition) is 2. The number of benzene rings is 1. The van der Waals surface area contributed by atoms with E-state index < -0.39 is 0 Å². The van der Waals surface area contributed by atoms with Crippen molar-refractivity contribution in [3.05, 3.63) is 30.3 Å². The highest BCUT2D eigenvalue weighted by atomic mass is 32.2. The summed E-state index contributed by atoms with van der Waals surface area (Å²) < 4.78 is 0.785. The predicted molar refractivity (Wildman–Crippen MR) is 73.1 cm³/mol. The second kappa shape index (κ2) is 6.69. The lowest BCUT2D eigenvalue weighted by Gasteiger charge is -2.10. The number of thiocarbonyl (C=S) groups is 1. The fourth-order valence-electron chi connectivity index (χ4n) is 0.923. The van der Waals surface area contributed by atoms with Gasteiger partial charge in [-0.15, -0.1) is 0 Å². The van der Waals surface area contributed by atoms with Gasteiger partial charge in [0.05, 0.1) is 5.69 Å². The number of hydrazine groups is 1. The fraction of sp³-hybridized carbons (Fsp3) is 0.364. The van der Waals surface area contributed by atoms with E-state index in [1.807, 2.05) is 30.3 Å². The molecule has 0 heterocycles. The first kappa shape index (κ1) is 12.3. The summed E-state index contributed by atoms with van der Waals surface area (Å²) in [6.07, 6.45) is 0. The van der Waals surface area contributed by atoms with Gasteiger partial charge in [-0.2, -0.15) is 0 Å². The molecule has 0 aliphatic carbocycles. The molecule has 0 amide bonds. The molecular weight excluding hydrogens is 224 g/mol. The minimum Gasteiger partial charge on any atom is -0.300 e. The van der Waals surface area contributed by atoms with Crippen LogP contribution in [0.4, 0.5) is 5.69 Å². The summed E-state index contributed by atoms with van der Waals surface area (Å²) in [5.74, 6) is 1.70. The molecule has 0 aliphatic rings. The Morgan fingerprint density at radius 2 is 2.00 bits per heavy atom. The van der Waals surface area contributed by atoms with E-state index >= 15 is 0 Å². The normalized spacial score (nSPS) is 10.1. The number of thioether (sulfide) groups is 1. The zero-order valence-corrected chi connectivity index (χ0v) is 10.6. The standard InChI is InChI=1S/C11H16N2S2/c1-9(2)8-15-11(14)13-12-10-6-4-3-5-7-10/h3-7,9,12H,8H2,1-2H3,(H,13,14). The van der Waals surface area contributed by atoms with Gasteiger partial charge in [0.15, 0.2) is 4.32 Å². The van der Waals surface area contributed by atoms with Gasteiger partial charge in [0, 0.05) is 5.75 Å². The molecule has 4 heteroatoms. The third kappa shape index (κ3) is 5.64. The summed E-state index contributed by atoms with van der Waals surface area (Å²) in [5.41, 5.74) is 7.07. The van der Waals surface area contributed by atoms with E-state index in [2.05, 4.69) is 24.7 Å². The van der Waals surface area contributed by atoms with Crippen molar-refractivity contribution in [1.82, 2.24) is 5.43 Å². The molecule has 2 N–H and O–H groups in total. The first-order chi connectivity index (χ1) is 7.18. The second-order valence-corrected chi connectivity index (χ2v) is 5.31. The van der Waals surface area contributed by atoms with Crippen molar-refractivity contribution in [3.63, 3.8) is 0 Å². The van der Waals surface area contributed by atoms with Crippen molar-refractivity contribution in [2.45, 2.75) is 13.8 Å². The molecular formula is C11H16N2S2. The highest BCUT2D eigenvalue weighted by molar-refractivity contribution is 8.22. The van der Waals surface area contributed by atoms with Crippen LogP contribution in [0.3, 0.4) is 0 Å². The van der Waals surface area contributed by atoms with Crippen LogP contribution < -0.4 is 10.9 Å². The summed E-state index contributed by atoms with van der Waals surface area (Å²) in [6.45, 7) is 4.36. The van der Waals surface area contributed by atoms with Gasteiger partial charge in [-0.25, -0.2) is 0 Å². The minimum atomic E-state index is 0.659. The highest BCUT2D eigenvalue weighted by Crippen LogP contribution is 2.09. The van der Waals surface area contributed by atoms with E-state index in [0.29, 0.717) is 5.92 Å². The summed E-state index contributed by atoms with van der Waals surface area (Å²) in [5, 5.41) is 0. The lowest BCUT2D eigenvalue weighted by Crippen LogP contribution is -2.25. The van der Waals surface area contributed by atoms with E-state index in [1.54, 1.807) is 11.8 Å². The van der Waals surface area contributed by atoms with Gasteiger partial charge in [0.1, 0.15) is 0 Å². The zero-order chi connectivity index (χ0) is 11.1. The van der Waals surface area contributed by atoms with Gasteiger partial charge in [-0.05, 0) is 18.1 Å². The molecule has 1 aromatic carbocycles. The summed E-state index contributed by atoms with van der Waals surface area (Å²) in [7, 11) is 0. The van der Waals surface area contributed by atoms with Gasteiger partial charge in [-0.1, -0.05) is 56.0 Å². The van der Waals surface area contributed by atoms with Crippen LogP contribution in [-0.4, -0.2) is 10.1 Å². The maximum Gasteiger partial charge on any atom is 0.152 e. The predicted octanol–water partition coefficient (Wildman–Crippen LogP) is 3.28. The van der Waals surface area contributed by atoms with E-state index in [-0.39, 0.29) is 0 Å². The Bertz CT molecular complexity index is 299. The number of rotatable bonds is 4. The van der Waals surface area contributed by atoms with Crippen LogP contribution >= 0.6 is 24.0 Å². The van der Waals surface area contributed by atoms with Crippen molar-refractivity contribution < 1.29 is 0 Å². The monoisotopic (exact) mass is 240 g/mol. The maximum absolute atomic E-state index is 5.16. The highest BCUT2D eigenvalue weighted by Gasteiger charge is 1.99. The minimum absolute atomic E-state index is 0.659. The average Bonchev–Trinajstić information content (AvgIpc) is 2.25. The van der Waals surface area contributed by atoms with E-state index in [9.17, 15) is 0 Å². The Morgan fingerprint density at radius 1 is 1.33 bits per heavy atom. The largest absolute Gasteiger partial charge is 0.300 e. The lowest BCUT2D eigenvalue weighted by molar-refractivity contribution is 0.752. The van der Waals surface area contributed by atoms with Crippen LogP contribution in [-0.2, 0) is 0 Å². The molecule has 0 saturated heterocycles. The molecule has 0 spiro atoms. The van der Waals surface area contributed by atoms with Crippen molar-refractivity contribution in [2.24, 2.45) is 5.92 Å². The lowest BCUT2D eigenvalue weighted by atomic mass is 10.3. The first-order valence-electron chi connectivity index (χ1n) is 4.92. The molecule has 0 atom stereocenters. The van der Waals surface area contributed by atoms with Gasteiger partial charge < -0.3 is 0 Å². The number of hydrogen-bond acceptors (Lipinski definition) is 3. The molecule has 0 aliphatic heterocycles. The summed E-state index contributed by atoms with van der Waals surface area (Å²) in [4.78, 5) is 0. The van der Waals surface area contributed by atoms with Crippen LogP contribution in [0.2, 0.25) is 0 Å². The molecule has 82 valence electrons. The molecule has 1 aromatic rings. The molecule has 0 aromatic heterocycles. The molecule has 0 saturated carbocycles. The summed E-state index contributed by atoms with van der Waals surface area (Å²) >= 11 is 6.82. The molecule has 0 unspecified atom stereocenters. The van der Waals surface area contributed by atoms with Crippen molar-refractivity contribution >= 4 is 34.0 Å². The fourth-order valence-corrected chi connectivity index (χ4v) is 1.79. The Morgan fingerprint density at radius 3 is 2.60 bits per heavy atom. The zero-order valence-electron chi connectivity index (χ0n) is 8.99. The first-order valence-corrected chi connectivity index (χ1v) is 6.31. The topological polar surface area (TPSA) is 24.1 Å². The number of para-hydroxylation sites is 1. The Hall–Kier alpha value is -0.740. The second-order valence-electron chi connectivity index (χ2n) is 3.61. The van der Waals surface area contributed by atoms with Crippen molar-refractivity contribution in [3.8, 4) is 0 Å². The molecule has 0 fully saturated rings. The summed E-state index contributed by atoms with van der Waals surface area (Å²) in [6, 6.07) is 9.92. The molecule has 2 nitrogen and oxygen atoms in total. The smallest absolute Gasteiger partial charge is 0.152 e. The van der Waals surface area contributed by atoms with E-state index in [0.717, 1.165) is 15.8 Å². The van der Waals surface area contributed by atoms with Gasteiger partial charge in [0.2, 0.25) is 0 Å². The Labute approximate surface area is 101 Å². The average molecular weight is 240 g/mol. The molecule has 1 rings (SSSR count). The number of anilines is 1. The van der Waals surface area contributed by atoms with Crippen LogP contribution in [0.15, 0.2) is 30.3 Å². The van der Waals surface area contributed by atoms with Crippen LogP contribution in [0.5, 0.6) is 0 Å². The van der Waals surface area contributed by atoms with Crippen LogP contribution in [0, 0.1) is 5.92 Å². The Kier molecular flexibility index (Phi) is 5.50. The molecule has 0 bridgehead atoms. The number of nitrogens with one attached hydrogen (secondary N) is 2. The van der Waals surface area contributed by atoms with E-state index in [1.165, 1.54) is 0 Å². The van der Waals surface area contributed by atoms with E-state index in [4.69, 9.17) is 12.2 Å². The quantitative estimate of drug-likeness (QED) is 0.623.